The van der Waals surface area contributed by atoms with E-state index in [0.717, 1.165) is 11.0 Å². The predicted octanol–water partition coefficient (Wildman–Crippen LogP) is 4.64. The van der Waals surface area contributed by atoms with E-state index >= 15 is 0 Å². The topological polar surface area (TPSA) is 46.2 Å². The number of benzene rings is 2. The Morgan fingerprint density at radius 1 is 1.09 bits per heavy atom. The molecule has 0 saturated carbocycles. The zero-order valence-electron chi connectivity index (χ0n) is 11.8. The SMILES string of the molecule is C[C@@H](NS(=O)(=O)/C=C/c1ccccc1)c1ccc(Cl)cc1Cl. The van der Waals surface area contributed by atoms with Crippen LogP contribution < -0.4 is 4.72 Å². The Hall–Kier alpha value is -1.33. The lowest BCUT2D eigenvalue weighted by atomic mass is 10.1. The molecule has 2 rings (SSSR count). The predicted molar refractivity (Wildman–Crippen MR) is 92.4 cm³/mol. The van der Waals surface area contributed by atoms with Crippen molar-refractivity contribution in [3.8, 4) is 0 Å². The minimum atomic E-state index is -3.58. The van der Waals surface area contributed by atoms with Gasteiger partial charge >= 0.3 is 0 Å². The fourth-order valence-electron chi connectivity index (χ4n) is 1.93. The van der Waals surface area contributed by atoms with Crippen molar-refractivity contribution >= 4 is 39.3 Å². The molecule has 2 aromatic carbocycles. The first-order valence-corrected chi connectivity index (χ1v) is 8.88. The summed E-state index contributed by atoms with van der Waals surface area (Å²) in [7, 11) is -3.58. The molecule has 6 heteroatoms. The van der Waals surface area contributed by atoms with Crippen LogP contribution in [0.4, 0.5) is 0 Å². The summed E-state index contributed by atoms with van der Waals surface area (Å²) in [6.45, 7) is 1.73. The monoisotopic (exact) mass is 355 g/mol. The molecule has 0 saturated heterocycles. The summed E-state index contributed by atoms with van der Waals surface area (Å²) in [5.74, 6) is 0. The van der Waals surface area contributed by atoms with Gasteiger partial charge in [-0.3, -0.25) is 0 Å². The quantitative estimate of drug-likeness (QED) is 0.848. The molecule has 0 aliphatic carbocycles. The standard InChI is InChI=1S/C16H15Cl2NO2S/c1-12(15-8-7-14(17)11-16(15)18)19-22(20,21)10-9-13-5-3-2-4-6-13/h2-12,19H,1H3/b10-9+/t12-/m1/s1. The second-order valence-corrected chi connectivity index (χ2v) is 7.21. The molecule has 0 amide bonds. The van der Waals surface area contributed by atoms with Crippen LogP contribution in [0, 0.1) is 0 Å². The Balaban J connectivity index is 2.13. The van der Waals surface area contributed by atoms with Gasteiger partial charge < -0.3 is 0 Å². The smallest absolute Gasteiger partial charge is 0.208 e. The Morgan fingerprint density at radius 2 is 1.77 bits per heavy atom. The largest absolute Gasteiger partial charge is 0.234 e. The normalized spacial score (nSPS) is 13.4. The van der Waals surface area contributed by atoms with E-state index in [1.54, 1.807) is 31.2 Å². The van der Waals surface area contributed by atoms with Crippen LogP contribution in [0.2, 0.25) is 10.0 Å². The number of sulfonamides is 1. The van der Waals surface area contributed by atoms with Crippen LogP contribution in [0.3, 0.4) is 0 Å². The van der Waals surface area contributed by atoms with Gasteiger partial charge in [0.05, 0.1) is 0 Å². The van der Waals surface area contributed by atoms with Gasteiger partial charge in [0.1, 0.15) is 0 Å². The first-order valence-electron chi connectivity index (χ1n) is 6.58. The van der Waals surface area contributed by atoms with Crippen LogP contribution in [-0.4, -0.2) is 8.42 Å². The van der Waals surface area contributed by atoms with Crippen molar-refractivity contribution < 1.29 is 8.42 Å². The van der Waals surface area contributed by atoms with Crippen LogP contribution >= 0.6 is 23.2 Å². The Morgan fingerprint density at radius 3 is 2.41 bits per heavy atom. The number of halogens is 2. The van der Waals surface area contributed by atoms with Gasteiger partial charge in [-0.2, -0.15) is 0 Å². The van der Waals surface area contributed by atoms with Crippen LogP contribution in [-0.2, 0) is 10.0 Å². The number of hydrogen-bond acceptors (Lipinski definition) is 2. The molecular formula is C16H15Cl2NO2S. The van der Waals surface area contributed by atoms with Crippen LogP contribution in [0.1, 0.15) is 24.1 Å². The van der Waals surface area contributed by atoms with E-state index in [2.05, 4.69) is 4.72 Å². The van der Waals surface area contributed by atoms with E-state index in [1.165, 1.54) is 0 Å². The highest BCUT2D eigenvalue weighted by atomic mass is 35.5. The Bertz CT molecular complexity index is 774. The molecule has 0 bridgehead atoms. The zero-order chi connectivity index (χ0) is 16.2. The maximum Gasteiger partial charge on any atom is 0.234 e. The van der Waals surface area contributed by atoms with Crippen molar-refractivity contribution in [2.45, 2.75) is 13.0 Å². The van der Waals surface area contributed by atoms with Gasteiger partial charge in [0.15, 0.2) is 0 Å². The highest BCUT2D eigenvalue weighted by Gasteiger charge is 2.15. The molecule has 0 aliphatic heterocycles. The van der Waals surface area contributed by atoms with Crippen molar-refractivity contribution in [3.05, 3.63) is 75.1 Å². The molecule has 0 spiro atoms. The first-order chi connectivity index (χ1) is 10.4. The highest BCUT2D eigenvalue weighted by Crippen LogP contribution is 2.26. The van der Waals surface area contributed by atoms with Gasteiger partial charge in [-0.1, -0.05) is 59.6 Å². The number of nitrogens with one attached hydrogen (secondary N) is 1. The third-order valence-electron chi connectivity index (χ3n) is 3.01. The Labute approximate surface area is 140 Å². The molecule has 0 unspecified atom stereocenters. The van der Waals surface area contributed by atoms with Crippen molar-refractivity contribution in [1.82, 2.24) is 4.72 Å². The van der Waals surface area contributed by atoms with E-state index < -0.39 is 16.1 Å². The Kier molecular flexibility index (Phi) is 5.64. The summed E-state index contributed by atoms with van der Waals surface area (Å²) in [4.78, 5) is 0. The van der Waals surface area contributed by atoms with Gasteiger partial charge in [0, 0.05) is 21.5 Å². The summed E-state index contributed by atoms with van der Waals surface area (Å²) in [6.07, 6.45) is 1.54. The molecule has 1 N–H and O–H groups in total. The van der Waals surface area contributed by atoms with Gasteiger partial charge in [-0.15, -0.1) is 0 Å². The van der Waals surface area contributed by atoms with Gasteiger partial charge in [-0.25, -0.2) is 13.1 Å². The second kappa shape index (κ2) is 7.29. The molecule has 116 valence electrons. The van der Waals surface area contributed by atoms with Gasteiger partial charge in [-0.05, 0) is 36.3 Å². The molecule has 0 fully saturated rings. The fourth-order valence-corrected chi connectivity index (χ4v) is 3.54. The van der Waals surface area contributed by atoms with Crippen molar-refractivity contribution in [1.29, 1.82) is 0 Å². The highest BCUT2D eigenvalue weighted by molar-refractivity contribution is 7.92. The molecule has 1 atom stereocenters. The summed E-state index contributed by atoms with van der Waals surface area (Å²) < 4.78 is 26.8. The molecule has 3 nitrogen and oxygen atoms in total. The van der Waals surface area contributed by atoms with E-state index in [9.17, 15) is 8.42 Å². The van der Waals surface area contributed by atoms with Gasteiger partial charge in [0.2, 0.25) is 10.0 Å². The van der Waals surface area contributed by atoms with Crippen molar-refractivity contribution in [3.63, 3.8) is 0 Å². The average Bonchev–Trinajstić information content (AvgIpc) is 2.45. The van der Waals surface area contributed by atoms with E-state index in [4.69, 9.17) is 23.2 Å². The maximum absolute atomic E-state index is 12.1. The molecule has 0 radical (unpaired) electrons. The molecule has 0 aromatic heterocycles. The van der Waals surface area contributed by atoms with E-state index in [0.29, 0.717) is 15.6 Å². The minimum Gasteiger partial charge on any atom is -0.208 e. The summed E-state index contributed by atoms with van der Waals surface area (Å²) in [5.41, 5.74) is 1.48. The first kappa shape index (κ1) is 17.0. The number of hydrogen-bond donors (Lipinski definition) is 1. The zero-order valence-corrected chi connectivity index (χ0v) is 14.2. The maximum atomic E-state index is 12.1. The lowest BCUT2D eigenvalue weighted by Crippen LogP contribution is -2.24. The van der Waals surface area contributed by atoms with Crippen molar-refractivity contribution in [2.24, 2.45) is 0 Å². The lowest BCUT2D eigenvalue weighted by molar-refractivity contribution is 0.576. The number of rotatable bonds is 5. The molecule has 22 heavy (non-hydrogen) atoms. The van der Waals surface area contributed by atoms with Crippen LogP contribution in [0.15, 0.2) is 53.9 Å². The molecule has 0 heterocycles. The van der Waals surface area contributed by atoms with Crippen molar-refractivity contribution in [2.75, 3.05) is 0 Å². The summed E-state index contributed by atoms with van der Waals surface area (Å²) >= 11 is 11.9. The molecular weight excluding hydrogens is 341 g/mol. The van der Waals surface area contributed by atoms with Crippen LogP contribution in [0.25, 0.3) is 6.08 Å². The van der Waals surface area contributed by atoms with E-state index in [1.807, 2.05) is 30.3 Å². The van der Waals surface area contributed by atoms with Crippen LogP contribution in [0.5, 0.6) is 0 Å². The van der Waals surface area contributed by atoms with E-state index in [-0.39, 0.29) is 0 Å². The lowest BCUT2D eigenvalue weighted by Gasteiger charge is -2.14. The van der Waals surface area contributed by atoms with Gasteiger partial charge in [0.25, 0.3) is 0 Å². The molecule has 0 aliphatic rings. The second-order valence-electron chi connectivity index (χ2n) is 4.76. The average molecular weight is 356 g/mol. The molecule has 2 aromatic rings. The fraction of sp³-hybridized carbons (Fsp3) is 0.125. The summed E-state index contributed by atoms with van der Waals surface area (Å²) in [6, 6.07) is 13.7. The summed E-state index contributed by atoms with van der Waals surface area (Å²) in [5, 5.41) is 2.07. The minimum absolute atomic E-state index is 0.426. The third kappa shape index (κ3) is 4.85. The third-order valence-corrected chi connectivity index (χ3v) is 4.75.